The van der Waals surface area contributed by atoms with E-state index in [1.165, 1.54) is 302 Å². The number of carbonyl (C=O) groups excluding carboxylic acids is 2. The van der Waals surface area contributed by atoms with Gasteiger partial charge < -0.3 is 20.3 Å². The van der Waals surface area contributed by atoms with Gasteiger partial charge in [0, 0.05) is 12.8 Å². The van der Waals surface area contributed by atoms with Crippen LogP contribution < -0.4 is 5.32 Å². The Morgan fingerprint density at radius 2 is 0.644 bits per heavy atom. The van der Waals surface area contributed by atoms with E-state index in [0.717, 1.165) is 38.5 Å². The number of aliphatic hydroxyl groups excluding tert-OH is 2. The summed E-state index contributed by atoms with van der Waals surface area (Å²) in [7, 11) is 0. The quantitative estimate of drug-likeness (QED) is 0.0320. The molecule has 73 heavy (non-hydrogen) atoms. The smallest absolute Gasteiger partial charge is 0.305 e. The van der Waals surface area contributed by atoms with Crippen LogP contribution in [0.15, 0.2) is 24.3 Å². The van der Waals surface area contributed by atoms with Crippen molar-refractivity contribution in [3.63, 3.8) is 0 Å². The maximum Gasteiger partial charge on any atom is 0.305 e. The third kappa shape index (κ3) is 59.4. The van der Waals surface area contributed by atoms with Crippen LogP contribution >= 0.6 is 0 Å². The molecule has 0 radical (unpaired) electrons. The summed E-state index contributed by atoms with van der Waals surface area (Å²) in [5, 5.41) is 23.0. The average Bonchev–Trinajstić information content (AvgIpc) is 3.39. The van der Waals surface area contributed by atoms with Crippen molar-refractivity contribution in [1.29, 1.82) is 0 Å². The lowest BCUT2D eigenvalue weighted by atomic mass is 10.0. The van der Waals surface area contributed by atoms with E-state index in [0.29, 0.717) is 19.4 Å². The van der Waals surface area contributed by atoms with Gasteiger partial charge in [0.25, 0.3) is 0 Å². The lowest BCUT2D eigenvalue weighted by Crippen LogP contribution is -2.45. The maximum absolute atomic E-state index is 12.4. The third-order valence-corrected chi connectivity index (χ3v) is 15.5. The highest BCUT2D eigenvalue weighted by atomic mass is 16.5. The topological polar surface area (TPSA) is 95.9 Å². The number of unbranched alkanes of at least 4 members (excludes halogenated alkanes) is 49. The SMILES string of the molecule is CCCCCCCCC/C=C/C(O)C(CO)NC(=O)CCCCCCCCCCCCCCCCCCC/C=C\CCCCCCCCCCCCCCCCOC(=O)CCCCCCCCCCCCCC. The van der Waals surface area contributed by atoms with Crippen molar-refractivity contribution in [1.82, 2.24) is 5.32 Å². The largest absolute Gasteiger partial charge is 0.466 e. The van der Waals surface area contributed by atoms with Crippen molar-refractivity contribution in [3.05, 3.63) is 24.3 Å². The molecule has 0 aliphatic heterocycles. The van der Waals surface area contributed by atoms with Crippen molar-refractivity contribution >= 4 is 11.9 Å². The highest BCUT2D eigenvalue weighted by Crippen LogP contribution is 2.18. The molecule has 6 nitrogen and oxygen atoms in total. The van der Waals surface area contributed by atoms with Crippen LogP contribution in [0.25, 0.3) is 0 Å². The molecule has 0 saturated heterocycles. The van der Waals surface area contributed by atoms with E-state index >= 15 is 0 Å². The molecule has 432 valence electrons. The monoisotopic (exact) mass is 1030 g/mol. The summed E-state index contributed by atoms with van der Waals surface area (Å²) in [6, 6.07) is -0.622. The number of amides is 1. The fourth-order valence-electron chi connectivity index (χ4n) is 10.4. The lowest BCUT2D eigenvalue weighted by Gasteiger charge is -2.20. The fourth-order valence-corrected chi connectivity index (χ4v) is 10.4. The molecule has 0 aromatic rings. The zero-order valence-electron chi connectivity index (χ0n) is 49.4. The molecule has 0 rings (SSSR count). The van der Waals surface area contributed by atoms with Crippen LogP contribution in [0.5, 0.6) is 0 Å². The first-order chi connectivity index (χ1) is 36.0. The van der Waals surface area contributed by atoms with E-state index in [1.807, 2.05) is 6.08 Å². The summed E-state index contributed by atoms with van der Waals surface area (Å²) in [4.78, 5) is 24.4. The van der Waals surface area contributed by atoms with Crippen molar-refractivity contribution in [3.8, 4) is 0 Å². The van der Waals surface area contributed by atoms with E-state index in [1.54, 1.807) is 6.08 Å². The molecule has 0 aliphatic carbocycles. The minimum atomic E-state index is -0.839. The number of carbonyl (C=O) groups is 2. The van der Waals surface area contributed by atoms with E-state index in [9.17, 15) is 19.8 Å². The molecule has 1 amide bonds. The van der Waals surface area contributed by atoms with E-state index in [2.05, 4.69) is 31.3 Å². The van der Waals surface area contributed by atoms with Crippen LogP contribution in [0.2, 0.25) is 0 Å². The summed E-state index contributed by atoms with van der Waals surface area (Å²) >= 11 is 0. The number of ether oxygens (including phenoxy) is 1. The van der Waals surface area contributed by atoms with Gasteiger partial charge in [-0.25, -0.2) is 0 Å². The molecular formula is C67H129NO5. The Bertz CT molecular complexity index is 1140. The van der Waals surface area contributed by atoms with Gasteiger partial charge in [0.15, 0.2) is 0 Å². The summed E-state index contributed by atoms with van der Waals surface area (Å²) in [6.45, 7) is 4.90. The first-order valence-electron chi connectivity index (χ1n) is 33.1. The molecular weight excluding hydrogens is 899 g/mol. The standard InChI is InChI=1S/C67H129NO5/c1-3-5-7-9-11-13-14-41-45-49-53-57-61-67(72)73-62-58-54-50-46-42-39-37-35-33-31-29-27-25-23-21-19-17-15-16-18-20-22-24-26-28-30-32-34-36-38-40-44-48-52-56-60-66(71)68-64(63-69)65(70)59-55-51-47-43-12-10-8-6-4-2/h17,19,55,59,64-65,69-70H,3-16,18,20-54,56-58,60-63H2,1-2H3,(H,68,71)/b19-17-,59-55+. The lowest BCUT2D eigenvalue weighted by molar-refractivity contribution is -0.143. The molecule has 0 spiro atoms. The fraction of sp³-hybridized carbons (Fsp3) is 0.910. The van der Waals surface area contributed by atoms with E-state index < -0.39 is 12.1 Å². The molecule has 2 unspecified atom stereocenters. The Morgan fingerprint density at radius 3 is 0.973 bits per heavy atom. The van der Waals surface area contributed by atoms with Crippen LogP contribution in [-0.2, 0) is 14.3 Å². The first kappa shape index (κ1) is 71.3. The van der Waals surface area contributed by atoms with Crippen LogP contribution in [0, 0.1) is 0 Å². The Kier molecular flexibility index (Phi) is 61.4. The molecule has 6 heteroatoms. The Hall–Kier alpha value is -1.66. The number of nitrogens with one attached hydrogen (secondary N) is 1. The minimum absolute atomic E-state index is 0.0209. The molecule has 0 aliphatic rings. The summed E-state index contributed by atoms with van der Waals surface area (Å²) in [5.74, 6) is -0.0450. The predicted octanol–water partition coefficient (Wildman–Crippen LogP) is 21.0. The molecule has 0 bridgehead atoms. The zero-order chi connectivity index (χ0) is 52.9. The van der Waals surface area contributed by atoms with Gasteiger partial charge in [-0.05, 0) is 57.8 Å². The Morgan fingerprint density at radius 1 is 0.370 bits per heavy atom. The summed E-state index contributed by atoms with van der Waals surface area (Å²) < 4.78 is 5.48. The summed E-state index contributed by atoms with van der Waals surface area (Å²) in [5.41, 5.74) is 0. The zero-order valence-corrected chi connectivity index (χ0v) is 49.4. The highest BCUT2D eigenvalue weighted by Gasteiger charge is 2.18. The number of hydrogen-bond acceptors (Lipinski definition) is 5. The van der Waals surface area contributed by atoms with Crippen LogP contribution in [0.4, 0.5) is 0 Å². The van der Waals surface area contributed by atoms with Gasteiger partial charge in [0.05, 0.1) is 25.4 Å². The average molecular weight is 1030 g/mol. The van der Waals surface area contributed by atoms with Crippen molar-refractivity contribution in [2.24, 2.45) is 0 Å². The van der Waals surface area contributed by atoms with Crippen LogP contribution in [0.3, 0.4) is 0 Å². The molecule has 0 heterocycles. The van der Waals surface area contributed by atoms with Gasteiger partial charge in [0.1, 0.15) is 0 Å². The third-order valence-electron chi connectivity index (χ3n) is 15.5. The van der Waals surface area contributed by atoms with Crippen molar-refractivity contribution in [2.45, 2.75) is 379 Å². The van der Waals surface area contributed by atoms with E-state index in [4.69, 9.17) is 4.74 Å². The molecule has 0 aromatic carbocycles. The van der Waals surface area contributed by atoms with Gasteiger partial charge in [-0.1, -0.05) is 321 Å². The van der Waals surface area contributed by atoms with Gasteiger partial charge >= 0.3 is 5.97 Å². The van der Waals surface area contributed by atoms with Gasteiger partial charge in [-0.2, -0.15) is 0 Å². The van der Waals surface area contributed by atoms with E-state index in [-0.39, 0.29) is 18.5 Å². The minimum Gasteiger partial charge on any atom is -0.466 e. The summed E-state index contributed by atoms with van der Waals surface area (Å²) in [6.07, 6.45) is 78.4. The Labute approximate surface area is 456 Å². The normalized spacial score (nSPS) is 12.7. The van der Waals surface area contributed by atoms with Crippen LogP contribution in [-0.4, -0.2) is 47.4 Å². The molecule has 2 atom stereocenters. The van der Waals surface area contributed by atoms with Gasteiger partial charge in [0.2, 0.25) is 5.91 Å². The second-order valence-corrected chi connectivity index (χ2v) is 22.8. The van der Waals surface area contributed by atoms with Crippen molar-refractivity contribution in [2.75, 3.05) is 13.2 Å². The first-order valence-corrected chi connectivity index (χ1v) is 33.1. The molecule has 3 N–H and O–H groups in total. The number of allylic oxidation sites excluding steroid dienone is 3. The number of rotatable bonds is 62. The van der Waals surface area contributed by atoms with Gasteiger partial charge in [-0.3, -0.25) is 9.59 Å². The number of aliphatic hydroxyl groups is 2. The second kappa shape index (κ2) is 62.9. The maximum atomic E-state index is 12.4. The molecule has 0 saturated carbocycles. The predicted molar refractivity (Wildman–Crippen MR) is 320 cm³/mol. The number of hydrogen-bond donors (Lipinski definition) is 3. The Balaban J connectivity index is 3.31. The van der Waals surface area contributed by atoms with Crippen molar-refractivity contribution < 1.29 is 24.5 Å². The molecule has 0 fully saturated rings. The van der Waals surface area contributed by atoms with Gasteiger partial charge in [-0.15, -0.1) is 0 Å². The highest BCUT2D eigenvalue weighted by molar-refractivity contribution is 5.76. The molecule has 0 aromatic heterocycles. The second-order valence-electron chi connectivity index (χ2n) is 22.8. The number of esters is 1. The van der Waals surface area contributed by atoms with Crippen LogP contribution in [0.1, 0.15) is 367 Å².